The highest BCUT2D eigenvalue weighted by atomic mass is 35.5. The summed E-state index contributed by atoms with van der Waals surface area (Å²) in [6.07, 6.45) is 2.14. The summed E-state index contributed by atoms with van der Waals surface area (Å²) < 4.78 is 4.66. The molecule has 2 N–H and O–H groups in total. The highest BCUT2D eigenvalue weighted by Crippen LogP contribution is 2.31. The van der Waals surface area contributed by atoms with Crippen LogP contribution in [0.3, 0.4) is 0 Å². The molecule has 0 amide bonds. The van der Waals surface area contributed by atoms with Crippen LogP contribution >= 0.6 is 11.6 Å². The van der Waals surface area contributed by atoms with E-state index in [9.17, 15) is 4.79 Å². The highest BCUT2D eigenvalue weighted by molar-refractivity contribution is 6.30. The summed E-state index contributed by atoms with van der Waals surface area (Å²) in [5.74, 6) is -0.437. The molecule has 0 bridgehead atoms. The number of rotatable bonds is 1. The molecule has 1 aromatic rings. The van der Waals surface area contributed by atoms with Gasteiger partial charge in [-0.1, -0.05) is 11.6 Å². The van der Waals surface area contributed by atoms with Gasteiger partial charge in [-0.2, -0.15) is 0 Å². The van der Waals surface area contributed by atoms with Crippen LogP contribution in [-0.2, 0) is 16.0 Å². The lowest BCUT2D eigenvalue weighted by Crippen LogP contribution is -2.07. The van der Waals surface area contributed by atoms with Crippen molar-refractivity contribution in [3.63, 3.8) is 0 Å². The summed E-state index contributed by atoms with van der Waals surface area (Å²) >= 11 is 5.76. The van der Waals surface area contributed by atoms with Crippen LogP contribution in [0.1, 0.15) is 11.1 Å². The van der Waals surface area contributed by atoms with Crippen molar-refractivity contribution in [2.75, 3.05) is 7.11 Å². The lowest BCUT2D eigenvalue weighted by molar-refractivity contribution is -0.133. The van der Waals surface area contributed by atoms with Crippen LogP contribution in [0.4, 0.5) is 0 Å². The lowest BCUT2D eigenvalue weighted by Gasteiger charge is -2.03. The molecule has 4 nitrogen and oxygen atoms in total. The highest BCUT2D eigenvalue weighted by Gasteiger charge is 2.26. The molecule has 0 saturated heterocycles. The van der Waals surface area contributed by atoms with Gasteiger partial charge in [-0.3, -0.25) is 0 Å². The summed E-state index contributed by atoms with van der Waals surface area (Å²) in [5, 5.41) is 0.338. The third-order valence-corrected chi connectivity index (χ3v) is 2.52. The Kier molecular flexibility index (Phi) is 2.36. The van der Waals surface area contributed by atoms with E-state index in [-0.39, 0.29) is 0 Å². The second-order valence-electron chi connectivity index (χ2n) is 3.23. The normalized spacial score (nSPS) is 14.0. The van der Waals surface area contributed by atoms with Crippen LogP contribution < -0.4 is 5.73 Å². The first-order chi connectivity index (χ1) is 7.13. The fraction of sp³-hybridized carbons (Fsp3) is 0.200. The number of ether oxygens (including phenoxy) is 1. The zero-order valence-corrected chi connectivity index (χ0v) is 8.84. The quantitative estimate of drug-likeness (QED) is 0.574. The first-order valence-corrected chi connectivity index (χ1v) is 4.73. The largest absolute Gasteiger partial charge is 0.465 e. The number of esters is 1. The molecule has 5 heteroatoms. The number of hydrogen-bond donors (Lipinski definition) is 1. The average molecular weight is 225 g/mol. The fourth-order valence-electron chi connectivity index (χ4n) is 1.64. The number of methoxy groups -OCH3 is 1. The van der Waals surface area contributed by atoms with E-state index < -0.39 is 5.97 Å². The smallest absolute Gasteiger partial charge is 0.340 e. The third-order valence-electron chi connectivity index (χ3n) is 2.31. The van der Waals surface area contributed by atoms with Crippen molar-refractivity contribution >= 4 is 23.1 Å². The molecule has 0 aromatic carbocycles. The fourth-order valence-corrected chi connectivity index (χ4v) is 1.80. The summed E-state index contributed by atoms with van der Waals surface area (Å²) in [6.45, 7) is 0. The van der Waals surface area contributed by atoms with Gasteiger partial charge in [0.2, 0.25) is 0 Å². The zero-order valence-electron chi connectivity index (χ0n) is 8.08. The van der Waals surface area contributed by atoms with Crippen LogP contribution in [0.5, 0.6) is 0 Å². The molecule has 0 unspecified atom stereocenters. The number of pyridine rings is 1. The van der Waals surface area contributed by atoms with Crippen molar-refractivity contribution in [1.82, 2.24) is 4.98 Å². The number of nitrogens with zero attached hydrogens (tertiary/aromatic N) is 1. The van der Waals surface area contributed by atoms with Gasteiger partial charge in [-0.15, -0.1) is 0 Å². The third kappa shape index (κ3) is 1.57. The van der Waals surface area contributed by atoms with E-state index in [0.29, 0.717) is 22.8 Å². The summed E-state index contributed by atoms with van der Waals surface area (Å²) in [6, 6.07) is 1.63. The van der Waals surface area contributed by atoms with Gasteiger partial charge in [0.15, 0.2) is 0 Å². The number of fused-ring (bicyclic) bond motifs is 1. The van der Waals surface area contributed by atoms with Crippen molar-refractivity contribution in [1.29, 1.82) is 0 Å². The molecular weight excluding hydrogens is 216 g/mol. The van der Waals surface area contributed by atoms with Crippen molar-refractivity contribution in [2.24, 2.45) is 5.73 Å². The molecule has 1 heterocycles. The second-order valence-corrected chi connectivity index (χ2v) is 3.62. The van der Waals surface area contributed by atoms with Gasteiger partial charge in [-0.05, 0) is 17.2 Å². The van der Waals surface area contributed by atoms with E-state index in [1.807, 2.05) is 0 Å². The Hall–Kier alpha value is -1.55. The summed E-state index contributed by atoms with van der Waals surface area (Å²) in [5.41, 5.74) is 8.29. The molecule has 0 atom stereocenters. The zero-order chi connectivity index (χ0) is 11.0. The molecule has 78 valence electrons. The van der Waals surface area contributed by atoms with Crippen LogP contribution in [-0.4, -0.2) is 18.1 Å². The van der Waals surface area contributed by atoms with Gasteiger partial charge in [0.1, 0.15) is 5.15 Å². The molecule has 1 aliphatic carbocycles. The Morgan fingerprint density at radius 2 is 2.40 bits per heavy atom. The molecule has 0 saturated carbocycles. The van der Waals surface area contributed by atoms with Crippen LogP contribution in [0.2, 0.25) is 5.15 Å². The van der Waals surface area contributed by atoms with E-state index in [1.54, 1.807) is 12.3 Å². The van der Waals surface area contributed by atoms with E-state index in [1.165, 1.54) is 7.11 Å². The van der Waals surface area contributed by atoms with E-state index in [4.69, 9.17) is 17.3 Å². The Balaban J connectivity index is 2.54. The molecular formula is C10H9ClN2O2. The van der Waals surface area contributed by atoms with E-state index in [0.717, 1.165) is 11.1 Å². The number of nitrogens with two attached hydrogens (primary N) is 1. The molecule has 1 aliphatic rings. The van der Waals surface area contributed by atoms with Gasteiger partial charge >= 0.3 is 5.97 Å². The minimum absolute atomic E-state index is 0.338. The SMILES string of the molecule is COC(=O)C1=C(N)Cc2cnc(Cl)cc21. The molecule has 15 heavy (non-hydrogen) atoms. The molecule has 0 radical (unpaired) electrons. The van der Waals surface area contributed by atoms with Crippen molar-refractivity contribution in [3.05, 3.63) is 34.2 Å². The topological polar surface area (TPSA) is 65.2 Å². The Morgan fingerprint density at radius 1 is 1.67 bits per heavy atom. The minimum atomic E-state index is -0.437. The van der Waals surface area contributed by atoms with Crippen LogP contribution in [0, 0.1) is 0 Å². The first-order valence-electron chi connectivity index (χ1n) is 4.35. The average Bonchev–Trinajstić information content (AvgIpc) is 2.52. The maximum Gasteiger partial charge on any atom is 0.340 e. The maximum atomic E-state index is 11.5. The van der Waals surface area contributed by atoms with Gasteiger partial charge in [0.25, 0.3) is 0 Å². The van der Waals surface area contributed by atoms with Gasteiger partial charge in [-0.25, -0.2) is 9.78 Å². The molecule has 0 aliphatic heterocycles. The minimum Gasteiger partial charge on any atom is -0.465 e. The Morgan fingerprint density at radius 3 is 3.07 bits per heavy atom. The van der Waals surface area contributed by atoms with Gasteiger partial charge < -0.3 is 10.5 Å². The molecule has 2 rings (SSSR count). The van der Waals surface area contributed by atoms with E-state index in [2.05, 4.69) is 9.72 Å². The Bertz CT molecular complexity index is 468. The van der Waals surface area contributed by atoms with Gasteiger partial charge in [0.05, 0.1) is 12.7 Å². The lowest BCUT2D eigenvalue weighted by atomic mass is 10.1. The number of halogens is 1. The van der Waals surface area contributed by atoms with Crippen molar-refractivity contribution < 1.29 is 9.53 Å². The van der Waals surface area contributed by atoms with Gasteiger partial charge in [0, 0.05) is 18.3 Å². The summed E-state index contributed by atoms with van der Waals surface area (Å²) in [4.78, 5) is 15.4. The molecule has 0 spiro atoms. The predicted octanol–water partition coefficient (Wildman–Crippen LogP) is 1.13. The maximum absolute atomic E-state index is 11.5. The number of carbonyl (C=O) groups is 1. The molecule has 1 aromatic heterocycles. The van der Waals surface area contributed by atoms with Crippen molar-refractivity contribution in [3.8, 4) is 0 Å². The van der Waals surface area contributed by atoms with Crippen LogP contribution in [0.25, 0.3) is 5.57 Å². The van der Waals surface area contributed by atoms with Crippen LogP contribution in [0.15, 0.2) is 18.0 Å². The van der Waals surface area contributed by atoms with Crippen molar-refractivity contribution in [2.45, 2.75) is 6.42 Å². The Labute approximate surface area is 91.7 Å². The first kappa shape index (κ1) is 9.98. The number of carbonyl (C=O) groups excluding carboxylic acids is 1. The number of allylic oxidation sites excluding steroid dienone is 1. The standard InChI is InChI=1S/C10H9ClN2O2/c1-15-10(14)9-6-3-8(11)13-4-5(6)2-7(9)12/h3-4H,2,12H2,1H3. The number of aromatic nitrogens is 1. The summed E-state index contributed by atoms with van der Waals surface area (Å²) in [7, 11) is 1.32. The monoisotopic (exact) mass is 224 g/mol. The van der Waals surface area contributed by atoms with E-state index >= 15 is 0 Å². The molecule has 0 fully saturated rings. The number of hydrogen-bond acceptors (Lipinski definition) is 4. The second kappa shape index (κ2) is 3.55. The predicted molar refractivity (Wildman–Crippen MR) is 56.1 cm³/mol.